The Morgan fingerprint density at radius 1 is 1.00 bits per heavy atom. The van der Waals surface area contributed by atoms with Gasteiger partial charge in [-0.05, 0) is 36.4 Å². The number of halogens is 1. The topological polar surface area (TPSA) is 90.9 Å². The second kappa shape index (κ2) is 6.90. The molecule has 0 heterocycles. The van der Waals surface area contributed by atoms with Crippen molar-refractivity contribution in [2.24, 2.45) is 5.73 Å². The second-order valence-corrected chi connectivity index (χ2v) is 4.35. The van der Waals surface area contributed by atoms with E-state index in [1.165, 1.54) is 24.3 Å². The number of anilines is 2. The van der Waals surface area contributed by atoms with Gasteiger partial charge in [-0.1, -0.05) is 18.2 Å². The molecule has 0 saturated heterocycles. The second-order valence-electron chi connectivity index (χ2n) is 4.35. The average Bonchev–Trinajstić information content (AvgIpc) is 2.51. The zero-order chi connectivity index (χ0) is 15.9. The lowest BCUT2D eigenvalue weighted by atomic mass is 10.2. The summed E-state index contributed by atoms with van der Waals surface area (Å²) in [5.74, 6) is -1.13. The van der Waals surface area contributed by atoms with E-state index >= 15 is 0 Å². The summed E-state index contributed by atoms with van der Waals surface area (Å²) in [4.78, 5) is 12.1. The van der Waals surface area contributed by atoms with E-state index in [2.05, 4.69) is 10.6 Å². The van der Waals surface area contributed by atoms with Gasteiger partial charge in [-0.25, -0.2) is 4.39 Å². The Hall–Kier alpha value is -3.33. The van der Waals surface area contributed by atoms with Gasteiger partial charge in [-0.3, -0.25) is 4.79 Å². The highest BCUT2D eigenvalue weighted by Gasteiger charge is 2.14. The molecule has 2 aromatic carbocycles. The first-order valence-corrected chi connectivity index (χ1v) is 6.39. The third kappa shape index (κ3) is 3.84. The molecule has 0 bridgehead atoms. The van der Waals surface area contributed by atoms with Crippen LogP contribution in [0.15, 0.2) is 66.0 Å². The van der Waals surface area contributed by atoms with Gasteiger partial charge in [0.25, 0.3) is 5.91 Å². The summed E-state index contributed by atoms with van der Waals surface area (Å²) in [6.07, 6.45) is 0. The number of hydrogen-bond donors (Lipinski definition) is 3. The molecular weight excluding hydrogens is 283 g/mol. The normalized spacial score (nSPS) is 11.1. The maximum Gasteiger partial charge on any atom is 0.270 e. The molecular formula is C16H13FN4O. The van der Waals surface area contributed by atoms with Crippen molar-refractivity contribution in [1.82, 2.24) is 0 Å². The third-order valence-electron chi connectivity index (χ3n) is 2.76. The number of para-hydroxylation sites is 1. The minimum Gasteiger partial charge on any atom is -0.384 e. The summed E-state index contributed by atoms with van der Waals surface area (Å²) in [5.41, 5.74) is 6.51. The van der Waals surface area contributed by atoms with Crippen LogP contribution in [0, 0.1) is 17.1 Å². The number of carbonyl (C=O) groups is 1. The van der Waals surface area contributed by atoms with Crippen molar-refractivity contribution in [3.8, 4) is 6.07 Å². The minimum atomic E-state index is -0.624. The number of carbonyl (C=O) groups excluding carboxylic acids is 1. The highest BCUT2D eigenvalue weighted by atomic mass is 19.1. The van der Waals surface area contributed by atoms with Gasteiger partial charge in [-0.2, -0.15) is 5.26 Å². The van der Waals surface area contributed by atoms with Crippen molar-refractivity contribution in [2.75, 3.05) is 10.6 Å². The lowest BCUT2D eigenvalue weighted by Gasteiger charge is -2.09. The maximum atomic E-state index is 12.8. The zero-order valence-corrected chi connectivity index (χ0v) is 11.5. The molecule has 22 heavy (non-hydrogen) atoms. The van der Waals surface area contributed by atoms with Crippen molar-refractivity contribution in [2.45, 2.75) is 0 Å². The van der Waals surface area contributed by atoms with Crippen molar-refractivity contribution in [3.05, 3.63) is 71.8 Å². The molecule has 1 amide bonds. The molecule has 6 heteroatoms. The summed E-state index contributed by atoms with van der Waals surface area (Å²) in [6, 6.07) is 15.8. The van der Waals surface area contributed by atoms with E-state index in [1.807, 2.05) is 0 Å². The van der Waals surface area contributed by atoms with Gasteiger partial charge >= 0.3 is 0 Å². The Labute approximate surface area is 126 Å². The quantitative estimate of drug-likeness (QED) is 0.597. The van der Waals surface area contributed by atoms with Gasteiger partial charge in [-0.15, -0.1) is 0 Å². The molecule has 4 N–H and O–H groups in total. The Balaban J connectivity index is 2.16. The van der Waals surface area contributed by atoms with Crippen LogP contribution in [0.5, 0.6) is 0 Å². The molecule has 0 radical (unpaired) electrons. The number of nitrogens with two attached hydrogens (primary N) is 1. The van der Waals surface area contributed by atoms with E-state index in [9.17, 15) is 9.18 Å². The van der Waals surface area contributed by atoms with Crippen LogP contribution >= 0.6 is 0 Å². The van der Waals surface area contributed by atoms with E-state index < -0.39 is 11.7 Å². The maximum absolute atomic E-state index is 12.8. The molecule has 0 saturated carbocycles. The van der Waals surface area contributed by atoms with Crippen LogP contribution < -0.4 is 16.4 Å². The molecule has 0 aromatic heterocycles. The minimum absolute atomic E-state index is 0.109. The van der Waals surface area contributed by atoms with Gasteiger partial charge in [0, 0.05) is 11.4 Å². The zero-order valence-electron chi connectivity index (χ0n) is 11.5. The fourth-order valence-corrected chi connectivity index (χ4v) is 1.70. The molecule has 5 nitrogen and oxygen atoms in total. The molecule has 0 atom stereocenters. The number of benzene rings is 2. The first-order chi connectivity index (χ1) is 10.6. The predicted octanol–water partition coefficient (Wildman–Crippen LogP) is 2.57. The fourth-order valence-electron chi connectivity index (χ4n) is 1.70. The smallest absolute Gasteiger partial charge is 0.270 e. The molecule has 0 spiro atoms. The van der Waals surface area contributed by atoms with E-state index in [-0.39, 0.29) is 11.4 Å². The average molecular weight is 296 g/mol. The van der Waals surface area contributed by atoms with Gasteiger partial charge in [0.05, 0.1) is 0 Å². The molecule has 0 unspecified atom stereocenters. The Morgan fingerprint density at radius 3 is 2.18 bits per heavy atom. The number of amides is 1. The summed E-state index contributed by atoms with van der Waals surface area (Å²) >= 11 is 0. The Morgan fingerprint density at radius 2 is 1.59 bits per heavy atom. The SMILES string of the molecule is N#CC(C(=O)Nc1ccccc1)=C(N)Nc1ccc(F)cc1. The fraction of sp³-hybridized carbons (Fsp3) is 0. The first kappa shape index (κ1) is 15.1. The van der Waals surface area contributed by atoms with Gasteiger partial charge in [0.15, 0.2) is 5.57 Å². The Bertz CT molecular complexity index is 733. The molecule has 0 aliphatic carbocycles. The van der Waals surface area contributed by atoms with E-state index in [0.717, 1.165) is 0 Å². The van der Waals surface area contributed by atoms with Crippen LogP contribution in [0.4, 0.5) is 15.8 Å². The standard InChI is InChI=1S/C16H13FN4O/c17-11-6-8-13(9-7-11)20-15(19)14(10-18)16(22)21-12-4-2-1-3-5-12/h1-9,20H,19H2,(H,21,22). The number of rotatable bonds is 4. The number of nitriles is 1. The monoisotopic (exact) mass is 296 g/mol. The summed E-state index contributed by atoms with van der Waals surface area (Å²) < 4.78 is 12.8. The molecule has 0 aliphatic rings. The van der Waals surface area contributed by atoms with Crippen LogP contribution in [-0.2, 0) is 4.79 Å². The summed E-state index contributed by atoms with van der Waals surface area (Å²) in [6.45, 7) is 0. The van der Waals surface area contributed by atoms with E-state index in [1.54, 1.807) is 36.4 Å². The summed E-state index contributed by atoms with van der Waals surface area (Å²) in [7, 11) is 0. The van der Waals surface area contributed by atoms with Crippen LogP contribution in [0.2, 0.25) is 0 Å². The lowest BCUT2D eigenvalue weighted by Crippen LogP contribution is -2.21. The van der Waals surface area contributed by atoms with Crippen molar-refractivity contribution >= 4 is 17.3 Å². The number of hydrogen-bond acceptors (Lipinski definition) is 4. The van der Waals surface area contributed by atoms with Crippen molar-refractivity contribution < 1.29 is 9.18 Å². The third-order valence-corrected chi connectivity index (χ3v) is 2.76. The molecule has 0 fully saturated rings. The van der Waals surface area contributed by atoms with Gasteiger partial charge < -0.3 is 16.4 Å². The Kier molecular flexibility index (Phi) is 4.73. The number of nitrogens with zero attached hydrogens (tertiary/aromatic N) is 1. The van der Waals surface area contributed by atoms with Crippen LogP contribution in [0.25, 0.3) is 0 Å². The molecule has 0 aliphatic heterocycles. The predicted molar refractivity (Wildman–Crippen MR) is 81.9 cm³/mol. The van der Waals surface area contributed by atoms with Crippen molar-refractivity contribution in [3.63, 3.8) is 0 Å². The van der Waals surface area contributed by atoms with Crippen LogP contribution in [0.3, 0.4) is 0 Å². The lowest BCUT2D eigenvalue weighted by molar-refractivity contribution is -0.112. The van der Waals surface area contributed by atoms with Gasteiger partial charge in [0.2, 0.25) is 0 Å². The highest BCUT2D eigenvalue weighted by molar-refractivity contribution is 6.07. The molecule has 2 rings (SSSR count). The molecule has 110 valence electrons. The van der Waals surface area contributed by atoms with Crippen LogP contribution in [-0.4, -0.2) is 5.91 Å². The van der Waals surface area contributed by atoms with E-state index in [4.69, 9.17) is 11.0 Å². The van der Waals surface area contributed by atoms with Crippen LogP contribution in [0.1, 0.15) is 0 Å². The van der Waals surface area contributed by atoms with Crippen molar-refractivity contribution in [1.29, 1.82) is 5.26 Å². The summed E-state index contributed by atoms with van der Waals surface area (Å²) in [5, 5.41) is 14.4. The molecule has 2 aromatic rings. The van der Waals surface area contributed by atoms with E-state index in [0.29, 0.717) is 11.4 Å². The largest absolute Gasteiger partial charge is 0.384 e. The number of nitrogens with one attached hydrogen (secondary N) is 2. The first-order valence-electron chi connectivity index (χ1n) is 6.39. The highest BCUT2D eigenvalue weighted by Crippen LogP contribution is 2.12. The van der Waals surface area contributed by atoms with Gasteiger partial charge in [0.1, 0.15) is 17.7 Å².